The van der Waals surface area contributed by atoms with Crippen LogP contribution < -0.4 is 10.5 Å². The van der Waals surface area contributed by atoms with Gasteiger partial charge in [-0.25, -0.2) is 0 Å². The van der Waals surface area contributed by atoms with Crippen LogP contribution in [-0.2, 0) is 6.54 Å². The first-order valence-corrected chi connectivity index (χ1v) is 3.75. The zero-order valence-corrected chi connectivity index (χ0v) is 6.73. The summed E-state index contributed by atoms with van der Waals surface area (Å²) >= 11 is 0. The van der Waals surface area contributed by atoms with Gasteiger partial charge in [0.15, 0.2) is 0 Å². The van der Waals surface area contributed by atoms with E-state index in [4.69, 9.17) is 15.6 Å². The molecule has 3 N–H and O–H groups in total. The minimum atomic E-state index is 0.0125. The van der Waals surface area contributed by atoms with E-state index >= 15 is 0 Å². The van der Waals surface area contributed by atoms with Crippen LogP contribution in [0.25, 0.3) is 0 Å². The quantitative estimate of drug-likeness (QED) is 0.659. The Labute approximate surface area is 71.0 Å². The predicted molar refractivity (Wildman–Crippen MR) is 44.7 cm³/mol. The lowest BCUT2D eigenvalue weighted by Gasteiger charge is -2.03. The van der Waals surface area contributed by atoms with Gasteiger partial charge in [-0.1, -0.05) is 0 Å². The lowest BCUT2D eigenvalue weighted by molar-refractivity contribution is 0.201. The molecule has 0 atom stereocenters. The van der Waals surface area contributed by atoms with Crippen molar-refractivity contribution < 1.29 is 9.84 Å². The summed E-state index contributed by atoms with van der Waals surface area (Å²) in [5, 5.41) is 8.46. The summed E-state index contributed by atoms with van der Waals surface area (Å²) in [6.45, 7) is 0.739. The molecule has 12 heavy (non-hydrogen) atoms. The van der Waals surface area contributed by atoms with Crippen LogP contribution in [-0.4, -0.2) is 23.3 Å². The van der Waals surface area contributed by atoms with Gasteiger partial charge in [0.2, 0.25) is 0 Å². The number of ether oxygens (including phenoxy) is 1. The Morgan fingerprint density at radius 1 is 1.50 bits per heavy atom. The Kier molecular flexibility index (Phi) is 3.50. The lowest BCUT2D eigenvalue weighted by Crippen LogP contribution is -2.03. The van der Waals surface area contributed by atoms with Gasteiger partial charge in [-0.15, -0.1) is 0 Å². The first-order chi connectivity index (χ1) is 5.86. The fraction of sp³-hybridized carbons (Fsp3) is 0.375. The molecule has 0 aliphatic carbocycles. The molecular weight excluding hydrogens is 156 g/mol. The van der Waals surface area contributed by atoms with Crippen LogP contribution in [0.15, 0.2) is 18.3 Å². The van der Waals surface area contributed by atoms with Crippen LogP contribution in [0.1, 0.15) is 5.69 Å². The number of hydrogen-bond donors (Lipinski definition) is 2. The normalized spacial score (nSPS) is 9.83. The first kappa shape index (κ1) is 8.96. The molecule has 1 aromatic heterocycles. The van der Waals surface area contributed by atoms with Crippen molar-refractivity contribution in [3.05, 3.63) is 24.0 Å². The van der Waals surface area contributed by atoms with E-state index in [9.17, 15) is 0 Å². The van der Waals surface area contributed by atoms with E-state index in [1.54, 1.807) is 18.3 Å². The zero-order valence-electron chi connectivity index (χ0n) is 6.73. The second kappa shape index (κ2) is 4.69. The molecule has 0 saturated heterocycles. The molecule has 0 fully saturated rings. The number of aliphatic hydroxyl groups is 1. The molecule has 0 spiro atoms. The first-order valence-electron chi connectivity index (χ1n) is 3.75. The van der Waals surface area contributed by atoms with Crippen molar-refractivity contribution in [3.8, 4) is 5.75 Å². The molecule has 4 nitrogen and oxygen atoms in total. The summed E-state index contributed by atoms with van der Waals surface area (Å²) in [6.07, 6.45) is 1.60. The summed E-state index contributed by atoms with van der Waals surface area (Å²) in [7, 11) is 0. The smallest absolute Gasteiger partial charge is 0.137 e. The largest absolute Gasteiger partial charge is 0.490 e. The SMILES string of the molecule is NCc1ccc(OCCO)cn1. The maximum absolute atomic E-state index is 8.46. The molecular formula is C8H12N2O2. The van der Waals surface area contributed by atoms with Crippen molar-refractivity contribution in [3.63, 3.8) is 0 Å². The molecule has 0 bridgehead atoms. The molecule has 4 heteroatoms. The number of nitrogens with zero attached hydrogens (tertiary/aromatic N) is 1. The number of rotatable bonds is 4. The molecule has 66 valence electrons. The van der Waals surface area contributed by atoms with Crippen molar-refractivity contribution in [2.75, 3.05) is 13.2 Å². The Balaban J connectivity index is 2.53. The summed E-state index contributed by atoms with van der Waals surface area (Å²) in [5.74, 6) is 0.654. The topological polar surface area (TPSA) is 68.4 Å². The van der Waals surface area contributed by atoms with Gasteiger partial charge < -0.3 is 15.6 Å². The average Bonchev–Trinajstić information content (AvgIpc) is 2.15. The summed E-state index contributed by atoms with van der Waals surface area (Å²) in [4.78, 5) is 4.02. The molecule has 0 aliphatic heterocycles. The molecule has 0 aromatic carbocycles. The van der Waals surface area contributed by atoms with E-state index in [1.807, 2.05) is 0 Å². The standard InChI is InChI=1S/C8H12N2O2/c9-5-7-1-2-8(6-10-7)12-4-3-11/h1-2,6,11H,3-5,9H2. The van der Waals surface area contributed by atoms with Crippen molar-refractivity contribution >= 4 is 0 Å². The number of hydrogen-bond acceptors (Lipinski definition) is 4. The second-order valence-electron chi connectivity index (χ2n) is 2.26. The highest BCUT2D eigenvalue weighted by atomic mass is 16.5. The van der Waals surface area contributed by atoms with Crippen molar-refractivity contribution in [2.45, 2.75) is 6.54 Å². The molecule has 0 radical (unpaired) electrons. The van der Waals surface area contributed by atoms with E-state index in [0.717, 1.165) is 5.69 Å². The van der Waals surface area contributed by atoms with E-state index in [0.29, 0.717) is 18.9 Å². The Hall–Kier alpha value is -1.13. The summed E-state index contributed by atoms with van der Waals surface area (Å²) < 4.78 is 5.10. The maximum atomic E-state index is 8.46. The zero-order chi connectivity index (χ0) is 8.81. The van der Waals surface area contributed by atoms with Crippen molar-refractivity contribution in [2.24, 2.45) is 5.73 Å². The summed E-state index contributed by atoms with van der Waals surface area (Å²) in [6, 6.07) is 3.58. The minimum Gasteiger partial charge on any atom is -0.490 e. The molecule has 1 heterocycles. The van der Waals surface area contributed by atoms with Crippen LogP contribution >= 0.6 is 0 Å². The highest BCUT2D eigenvalue weighted by Crippen LogP contribution is 2.07. The molecule has 1 rings (SSSR count). The number of aliphatic hydroxyl groups excluding tert-OH is 1. The monoisotopic (exact) mass is 168 g/mol. The second-order valence-corrected chi connectivity index (χ2v) is 2.26. The van der Waals surface area contributed by atoms with Gasteiger partial charge in [-0.3, -0.25) is 4.98 Å². The third kappa shape index (κ3) is 2.48. The van der Waals surface area contributed by atoms with Gasteiger partial charge in [0.05, 0.1) is 18.5 Å². The van der Waals surface area contributed by atoms with E-state index in [-0.39, 0.29) is 6.61 Å². The Morgan fingerprint density at radius 2 is 2.33 bits per heavy atom. The minimum absolute atomic E-state index is 0.0125. The average molecular weight is 168 g/mol. The van der Waals surface area contributed by atoms with Crippen LogP contribution in [0.2, 0.25) is 0 Å². The number of pyridine rings is 1. The Bertz CT molecular complexity index is 223. The molecule has 0 aliphatic rings. The number of nitrogens with two attached hydrogens (primary N) is 1. The highest BCUT2D eigenvalue weighted by molar-refractivity contribution is 5.19. The van der Waals surface area contributed by atoms with Crippen LogP contribution in [0.3, 0.4) is 0 Å². The Morgan fingerprint density at radius 3 is 2.83 bits per heavy atom. The van der Waals surface area contributed by atoms with Gasteiger partial charge in [-0.2, -0.15) is 0 Å². The van der Waals surface area contributed by atoms with Gasteiger partial charge in [-0.05, 0) is 12.1 Å². The van der Waals surface area contributed by atoms with Crippen LogP contribution in [0.5, 0.6) is 5.75 Å². The third-order valence-corrected chi connectivity index (χ3v) is 1.37. The van der Waals surface area contributed by atoms with E-state index < -0.39 is 0 Å². The summed E-state index contributed by atoms with van der Waals surface area (Å²) in [5.41, 5.74) is 6.18. The number of aromatic nitrogens is 1. The van der Waals surface area contributed by atoms with Crippen LogP contribution in [0, 0.1) is 0 Å². The van der Waals surface area contributed by atoms with Gasteiger partial charge in [0.25, 0.3) is 0 Å². The van der Waals surface area contributed by atoms with Gasteiger partial charge >= 0.3 is 0 Å². The molecule has 0 unspecified atom stereocenters. The lowest BCUT2D eigenvalue weighted by atomic mass is 10.3. The van der Waals surface area contributed by atoms with Crippen LogP contribution in [0.4, 0.5) is 0 Å². The van der Waals surface area contributed by atoms with Gasteiger partial charge in [0, 0.05) is 6.54 Å². The van der Waals surface area contributed by atoms with Crippen molar-refractivity contribution in [1.29, 1.82) is 0 Å². The van der Waals surface area contributed by atoms with E-state index in [2.05, 4.69) is 4.98 Å². The fourth-order valence-corrected chi connectivity index (χ4v) is 0.781. The highest BCUT2D eigenvalue weighted by Gasteiger charge is 1.93. The molecule has 1 aromatic rings. The van der Waals surface area contributed by atoms with E-state index in [1.165, 1.54) is 0 Å². The van der Waals surface area contributed by atoms with Crippen molar-refractivity contribution in [1.82, 2.24) is 4.98 Å². The molecule has 0 amide bonds. The fourth-order valence-electron chi connectivity index (χ4n) is 0.781. The third-order valence-electron chi connectivity index (χ3n) is 1.37. The maximum Gasteiger partial charge on any atom is 0.137 e. The molecule has 0 saturated carbocycles. The predicted octanol–water partition coefficient (Wildman–Crippen LogP) is -0.0886. The van der Waals surface area contributed by atoms with Gasteiger partial charge in [0.1, 0.15) is 12.4 Å².